The van der Waals surface area contributed by atoms with Gasteiger partial charge in [-0.05, 0) is 30.8 Å². The number of benzene rings is 1. The average Bonchev–Trinajstić information content (AvgIpc) is 2.66. The van der Waals surface area contributed by atoms with E-state index in [1.54, 1.807) is 0 Å². The van der Waals surface area contributed by atoms with E-state index in [2.05, 4.69) is 0 Å². The highest BCUT2D eigenvalue weighted by Gasteiger charge is 2.50. The molecule has 0 spiro atoms. The number of hydrogen-bond donors (Lipinski definition) is 0. The van der Waals surface area contributed by atoms with Gasteiger partial charge in [0.15, 0.2) is 0 Å². The lowest BCUT2D eigenvalue weighted by atomic mass is 10.1. The van der Waals surface area contributed by atoms with Gasteiger partial charge in [-0.15, -0.1) is 0 Å². The molecule has 1 unspecified atom stereocenters. The molecule has 0 aliphatic heterocycles. The number of Topliss-reactive ketones (excluding diaryl/α,β-unsaturated/α-hetero) is 1. The lowest BCUT2D eigenvalue weighted by molar-refractivity contribution is -0.0477. The highest BCUT2D eigenvalue weighted by Crippen LogP contribution is 2.47. The van der Waals surface area contributed by atoms with Crippen molar-refractivity contribution in [3.05, 3.63) is 23.3 Å². The zero-order valence-corrected chi connectivity index (χ0v) is 13.8. The van der Waals surface area contributed by atoms with Gasteiger partial charge in [0.05, 0.1) is 12.5 Å². The molecule has 1 aromatic carbocycles. The summed E-state index contributed by atoms with van der Waals surface area (Å²) in [6.07, 6.45) is -1.13. The van der Waals surface area contributed by atoms with Gasteiger partial charge in [0, 0.05) is 22.4 Å². The number of rotatable bonds is 5. The second kappa shape index (κ2) is 6.37. The van der Waals surface area contributed by atoms with Gasteiger partial charge < -0.3 is 4.74 Å². The Labute approximate surface area is 142 Å². The van der Waals surface area contributed by atoms with Gasteiger partial charge in [-0.3, -0.25) is 4.79 Å². The fraction of sp³-hybridized carbons (Fsp3) is 0.533. The Hall–Kier alpha value is -1.45. The molecule has 1 atom stereocenters. The summed E-state index contributed by atoms with van der Waals surface area (Å²) in [6.45, 7) is 1.29. The molecule has 140 valence electrons. The minimum absolute atomic E-state index is 0.289. The minimum Gasteiger partial charge on any atom is -0.493 e. The highest BCUT2D eigenvalue weighted by atomic mass is 32.2. The third-order valence-corrected chi connectivity index (χ3v) is 4.56. The SMILES string of the molecule is CC(COc1ccc(SC(F)(F)F)c2c1CC(F)(F)C2=O)C(C)(F)F. The summed E-state index contributed by atoms with van der Waals surface area (Å²) in [4.78, 5) is 11.1. The van der Waals surface area contributed by atoms with E-state index in [1.807, 2.05) is 0 Å². The van der Waals surface area contributed by atoms with Crippen molar-refractivity contribution < 1.29 is 40.3 Å². The summed E-state index contributed by atoms with van der Waals surface area (Å²) in [7, 11) is 0. The Morgan fingerprint density at radius 1 is 1.24 bits per heavy atom. The van der Waals surface area contributed by atoms with Crippen molar-refractivity contribution in [2.75, 3.05) is 6.61 Å². The van der Waals surface area contributed by atoms with E-state index in [0.717, 1.165) is 12.1 Å². The van der Waals surface area contributed by atoms with Crippen molar-refractivity contribution >= 4 is 17.5 Å². The second-order valence-electron chi connectivity index (χ2n) is 5.84. The van der Waals surface area contributed by atoms with Crippen LogP contribution in [0.2, 0.25) is 0 Å². The first kappa shape index (κ1) is 19.9. The van der Waals surface area contributed by atoms with Crippen molar-refractivity contribution in [2.24, 2.45) is 5.92 Å². The number of ether oxygens (including phenoxy) is 1. The smallest absolute Gasteiger partial charge is 0.446 e. The molecular formula is C15H13F7O2S. The summed E-state index contributed by atoms with van der Waals surface area (Å²) in [5.41, 5.74) is -5.93. The van der Waals surface area contributed by atoms with Crippen LogP contribution in [-0.2, 0) is 6.42 Å². The van der Waals surface area contributed by atoms with Crippen LogP contribution in [0.5, 0.6) is 5.75 Å². The van der Waals surface area contributed by atoms with Crippen molar-refractivity contribution in [3.63, 3.8) is 0 Å². The van der Waals surface area contributed by atoms with Crippen LogP contribution in [0.1, 0.15) is 29.8 Å². The van der Waals surface area contributed by atoms with Crippen LogP contribution in [0, 0.1) is 5.92 Å². The Kier molecular flexibility index (Phi) is 5.06. The first-order valence-electron chi connectivity index (χ1n) is 7.07. The molecule has 0 N–H and O–H groups in total. The topological polar surface area (TPSA) is 26.3 Å². The van der Waals surface area contributed by atoms with Crippen molar-refractivity contribution in [1.82, 2.24) is 0 Å². The van der Waals surface area contributed by atoms with Gasteiger partial charge >= 0.3 is 11.4 Å². The Morgan fingerprint density at radius 2 is 1.84 bits per heavy atom. The van der Waals surface area contributed by atoms with E-state index in [0.29, 0.717) is 6.92 Å². The maximum absolute atomic E-state index is 13.7. The van der Waals surface area contributed by atoms with Gasteiger partial charge in [0.2, 0.25) is 5.78 Å². The highest BCUT2D eigenvalue weighted by molar-refractivity contribution is 8.00. The van der Waals surface area contributed by atoms with Crippen LogP contribution >= 0.6 is 11.8 Å². The predicted molar refractivity (Wildman–Crippen MR) is 76.6 cm³/mol. The lowest BCUT2D eigenvalue weighted by Gasteiger charge is -2.21. The molecule has 0 saturated carbocycles. The normalized spacial score (nSPS) is 18.2. The number of carbonyl (C=O) groups is 1. The van der Waals surface area contributed by atoms with Crippen LogP contribution in [-0.4, -0.2) is 29.7 Å². The molecule has 2 nitrogen and oxygen atoms in total. The van der Waals surface area contributed by atoms with Crippen LogP contribution in [0.15, 0.2) is 17.0 Å². The molecule has 25 heavy (non-hydrogen) atoms. The van der Waals surface area contributed by atoms with Gasteiger partial charge in [0.1, 0.15) is 5.75 Å². The van der Waals surface area contributed by atoms with Crippen LogP contribution in [0.3, 0.4) is 0 Å². The molecule has 0 radical (unpaired) electrons. The molecular weight excluding hydrogens is 377 g/mol. The molecule has 1 aliphatic carbocycles. The molecule has 0 amide bonds. The first-order chi connectivity index (χ1) is 11.2. The van der Waals surface area contributed by atoms with E-state index in [4.69, 9.17) is 4.74 Å². The van der Waals surface area contributed by atoms with E-state index < -0.39 is 69.9 Å². The second-order valence-corrected chi connectivity index (χ2v) is 6.95. The lowest BCUT2D eigenvalue weighted by Crippen LogP contribution is -2.27. The van der Waals surface area contributed by atoms with E-state index in [-0.39, 0.29) is 5.75 Å². The van der Waals surface area contributed by atoms with Crippen molar-refractivity contribution in [2.45, 2.75) is 42.5 Å². The molecule has 0 aromatic heterocycles. The largest absolute Gasteiger partial charge is 0.493 e. The Bertz CT molecular complexity index is 680. The van der Waals surface area contributed by atoms with Crippen molar-refractivity contribution in [1.29, 1.82) is 0 Å². The third-order valence-electron chi connectivity index (χ3n) is 3.77. The standard InChI is InChI=1S/C15H13F7O2S/c1-7(13(2,16)17)6-24-9-3-4-10(25-15(20,21)22)11-8(9)5-14(18,19)12(11)23/h3-4,7H,5-6H2,1-2H3. The van der Waals surface area contributed by atoms with Crippen LogP contribution in [0.25, 0.3) is 0 Å². The van der Waals surface area contributed by atoms with Crippen LogP contribution < -0.4 is 4.74 Å². The average molecular weight is 390 g/mol. The number of carbonyl (C=O) groups excluding carboxylic acids is 1. The molecule has 1 aromatic rings. The number of hydrogen-bond acceptors (Lipinski definition) is 3. The monoisotopic (exact) mass is 390 g/mol. The Balaban J connectivity index is 2.38. The molecule has 1 aliphatic rings. The number of halogens is 7. The van der Waals surface area contributed by atoms with Gasteiger partial charge in [-0.1, -0.05) is 6.92 Å². The molecule has 0 saturated heterocycles. The fourth-order valence-corrected chi connectivity index (χ4v) is 2.93. The van der Waals surface area contributed by atoms with E-state index in [9.17, 15) is 35.5 Å². The Morgan fingerprint density at radius 3 is 2.36 bits per heavy atom. The van der Waals surface area contributed by atoms with Gasteiger partial charge in [-0.25, -0.2) is 8.78 Å². The molecule has 10 heteroatoms. The zero-order valence-electron chi connectivity index (χ0n) is 13.0. The maximum atomic E-state index is 13.7. The van der Waals surface area contributed by atoms with E-state index in [1.165, 1.54) is 6.92 Å². The quantitative estimate of drug-likeness (QED) is 0.501. The fourth-order valence-electron chi connectivity index (χ4n) is 2.22. The number of ketones is 1. The number of fused-ring (bicyclic) bond motifs is 1. The number of alkyl halides is 7. The summed E-state index contributed by atoms with van der Waals surface area (Å²) in [5.74, 6) is -10.2. The minimum atomic E-state index is -4.77. The summed E-state index contributed by atoms with van der Waals surface area (Å²) in [5, 5.41) is 0. The maximum Gasteiger partial charge on any atom is 0.446 e. The third kappa shape index (κ3) is 4.39. The molecule has 0 fully saturated rings. The number of thioether (sulfide) groups is 1. The van der Waals surface area contributed by atoms with Gasteiger partial charge in [-0.2, -0.15) is 22.0 Å². The first-order valence-corrected chi connectivity index (χ1v) is 7.89. The summed E-state index contributed by atoms with van der Waals surface area (Å²) < 4.78 is 96.5. The molecule has 0 bridgehead atoms. The zero-order chi connectivity index (χ0) is 19.2. The van der Waals surface area contributed by atoms with Crippen LogP contribution in [0.4, 0.5) is 30.7 Å². The molecule has 2 rings (SSSR count). The van der Waals surface area contributed by atoms with Gasteiger partial charge in [0.25, 0.3) is 5.92 Å². The predicted octanol–water partition coefficient (Wildman–Crippen LogP) is 5.34. The molecule has 0 heterocycles. The van der Waals surface area contributed by atoms with E-state index >= 15 is 0 Å². The summed E-state index contributed by atoms with van der Waals surface area (Å²) >= 11 is -0.682. The summed E-state index contributed by atoms with van der Waals surface area (Å²) in [6, 6.07) is 1.82. The van der Waals surface area contributed by atoms with Crippen molar-refractivity contribution in [3.8, 4) is 5.75 Å².